The van der Waals surface area contributed by atoms with Gasteiger partial charge in [-0.1, -0.05) is 20.8 Å². The van der Waals surface area contributed by atoms with Crippen molar-refractivity contribution in [2.45, 2.75) is 45.8 Å². The van der Waals surface area contributed by atoms with Crippen LogP contribution in [0.3, 0.4) is 0 Å². The quantitative estimate of drug-likeness (QED) is 0.772. The van der Waals surface area contributed by atoms with Gasteiger partial charge in [0, 0.05) is 19.1 Å². The predicted molar refractivity (Wildman–Crippen MR) is 92.6 cm³/mol. The highest BCUT2D eigenvalue weighted by Gasteiger charge is 2.37. The summed E-state index contributed by atoms with van der Waals surface area (Å²) < 4.78 is 5.81. The van der Waals surface area contributed by atoms with E-state index in [-0.39, 0.29) is 24.1 Å². The summed E-state index contributed by atoms with van der Waals surface area (Å²) in [6, 6.07) is 1.62. The summed E-state index contributed by atoms with van der Waals surface area (Å²) in [5, 5.41) is 19.9. The highest BCUT2D eigenvalue weighted by molar-refractivity contribution is 7.08. The van der Waals surface area contributed by atoms with E-state index in [1.165, 1.54) is 11.3 Å². The normalized spacial score (nSPS) is 24.2. The molecule has 2 amide bonds. The monoisotopic (exact) mass is 340 g/mol. The smallest absolute Gasteiger partial charge is 0.314 e. The number of thiophene rings is 1. The van der Waals surface area contributed by atoms with Gasteiger partial charge >= 0.3 is 6.03 Å². The number of rotatable bonds is 5. The van der Waals surface area contributed by atoms with Gasteiger partial charge in [0.1, 0.15) is 5.60 Å². The van der Waals surface area contributed by atoms with E-state index in [1.54, 1.807) is 6.92 Å². The average Bonchev–Trinajstić information content (AvgIpc) is 3.12. The first-order chi connectivity index (χ1) is 10.7. The van der Waals surface area contributed by atoms with Gasteiger partial charge in [-0.25, -0.2) is 4.79 Å². The molecule has 1 aliphatic rings. The van der Waals surface area contributed by atoms with E-state index in [0.717, 1.165) is 18.6 Å². The second-order valence-corrected chi connectivity index (χ2v) is 8.34. The van der Waals surface area contributed by atoms with E-state index in [1.807, 2.05) is 16.8 Å². The molecule has 3 atom stereocenters. The number of hydrogen-bond donors (Lipinski definition) is 3. The summed E-state index contributed by atoms with van der Waals surface area (Å²) in [7, 11) is 0. The highest BCUT2D eigenvalue weighted by atomic mass is 32.1. The molecule has 0 spiro atoms. The van der Waals surface area contributed by atoms with E-state index in [0.29, 0.717) is 12.5 Å². The van der Waals surface area contributed by atoms with Gasteiger partial charge in [0.25, 0.3) is 0 Å². The van der Waals surface area contributed by atoms with Gasteiger partial charge in [-0.15, -0.1) is 0 Å². The van der Waals surface area contributed by atoms with E-state index in [2.05, 4.69) is 31.4 Å². The summed E-state index contributed by atoms with van der Waals surface area (Å²) >= 11 is 1.53. The third-order valence-electron chi connectivity index (χ3n) is 4.33. The Morgan fingerprint density at radius 1 is 1.39 bits per heavy atom. The number of hydrogen-bond acceptors (Lipinski definition) is 4. The largest absolute Gasteiger partial charge is 0.384 e. The Morgan fingerprint density at radius 3 is 2.74 bits per heavy atom. The molecule has 2 rings (SSSR count). The molecule has 6 heteroatoms. The van der Waals surface area contributed by atoms with Crippen molar-refractivity contribution in [2.24, 2.45) is 11.3 Å². The molecule has 0 unspecified atom stereocenters. The van der Waals surface area contributed by atoms with Gasteiger partial charge in [-0.2, -0.15) is 11.3 Å². The molecule has 2 heterocycles. The number of carbonyl (C=O) groups is 1. The zero-order valence-corrected chi connectivity index (χ0v) is 15.2. The van der Waals surface area contributed by atoms with Gasteiger partial charge in [0.05, 0.1) is 12.6 Å². The minimum Gasteiger partial charge on any atom is -0.384 e. The van der Waals surface area contributed by atoms with E-state index in [9.17, 15) is 9.90 Å². The van der Waals surface area contributed by atoms with Crippen LogP contribution in [0.1, 0.15) is 39.7 Å². The Kier molecular flexibility index (Phi) is 5.70. The van der Waals surface area contributed by atoms with Crippen molar-refractivity contribution in [1.82, 2.24) is 10.6 Å². The molecule has 1 fully saturated rings. The molecule has 1 aromatic rings. The van der Waals surface area contributed by atoms with Gasteiger partial charge in [-0.3, -0.25) is 0 Å². The van der Waals surface area contributed by atoms with E-state index < -0.39 is 5.60 Å². The first-order valence-corrected chi connectivity index (χ1v) is 9.03. The molecule has 5 nitrogen and oxygen atoms in total. The average molecular weight is 340 g/mol. The van der Waals surface area contributed by atoms with Gasteiger partial charge in [0.2, 0.25) is 0 Å². The number of amides is 2. The SMILES string of the molecule is CC(C)(C)[C@@H]1OCC[C@H]1CNC(=O)NC[C@](C)(O)c1ccsc1. The van der Waals surface area contributed by atoms with Crippen LogP contribution in [0.2, 0.25) is 0 Å². The Balaban J connectivity index is 1.77. The van der Waals surface area contributed by atoms with Gasteiger partial charge in [0.15, 0.2) is 0 Å². The number of ether oxygens (including phenoxy) is 1. The van der Waals surface area contributed by atoms with Crippen molar-refractivity contribution in [2.75, 3.05) is 19.7 Å². The molecule has 1 aromatic heterocycles. The fourth-order valence-corrected chi connectivity index (χ4v) is 3.79. The minimum atomic E-state index is -1.05. The molecule has 0 bridgehead atoms. The molecule has 1 aliphatic heterocycles. The molecule has 23 heavy (non-hydrogen) atoms. The third kappa shape index (κ3) is 4.93. The zero-order valence-electron chi connectivity index (χ0n) is 14.4. The maximum atomic E-state index is 12.0. The Bertz CT molecular complexity index is 508. The van der Waals surface area contributed by atoms with Crippen molar-refractivity contribution in [3.63, 3.8) is 0 Å². The summed E-state index contributed by atoms with van der Waals surface area (Å²) in [4.78, 5) is 12.0. The molecular weight excluding hydrogens is 312 g/mol. The standard InChI is InChI=1S/C17H28N2O3S/c1-16(2,3)14-12(5-7-22-14)9-18-15(20)19-11-17(4,21)13-6-8-23-10-13/h6,8,10,12,14,21H,5,7,9,11H2,1-4H3,(H2,18,19,20)/t12-,14+,17-/m0/s1. The van der Waals surface area contributed by atoms with Crippen molar-refractivity contribution < 1.29 is 14.6 Å². The lowest BCUT2D eigenvalue weighted by Crippen LogP contribution is -2.46. The number of aliphatic hydroxyl groups is 1. The minimum absolute atomic E-state index is 0.0714. The summed E-state index contributed by atoms with van der Waals surface area (Å²) in [5.74, 6) is 0.332. The number of nitrogens with one attached hydrogen (secondary N) is 2. The van der Waals surface area contributed by atoms with Gasteiger partial charge in [-0.05, 0) is 41.1 Å². The molecule has 0 aromatic carbocycles. The van der Waals surface area contributed by atoms with Crippen LogP contribution < -0.4 is 10.6 Å². The lowest BCUT2D eigenvalue weighted by atomic mass is 9.81. The molecule has 1 saturated heterocycles. The van der Waals surface area contributed by atoms with Crippen LogP contribution in [-0.2, 0) is 10.3 Å². The zero-order chi connectivity index (χ0) is 17.1. The van der Waals surface area contributed by atoms with E-state index in [4.69, 9.17) is 4.74 Å². The maximum absolute atomic E-state index is 12.0. The highest BCUT2D eigenvalue weighted by Crippen LogP contribution is 2.34. The van der Waals surface area contributed by atoms with Crippen LogP contribution in [0.25, 0.3) is 0 Å². The Labute approximate surface area is 142 Å². The third-order valence-corrected chi connectivity index (χ3v) is 5.01. The van der Waals surface area contributed by atoms with Crippen LogP contribution in [0.4, 0.5) is 4.79 Å². The van der Waals surface area contributed by atoms with Crippen LogP contribution in [0.5, 0.6) is 0 Å². The first-order valence-electron chi connectivity index (χ1n) is 8.08. The van der Waals surface area contributed by atoms with Crippen LogP contribution in [0.15, 0.2) is 16.8 Å². The lowest BCUT2D eigenvalue weighted by molar-refractivity contribution is 0.00767. The first kappa shape index (κ1) is 18.2. The Morgan fingerprint density at radius 2 is 2.13 bits per heavy atom. The molecule has 0 radical (unpaired) electrons. The second-order valence-electron chi connectivity index (χ2n) is 7.56. The van der Waals surface area contributed by atoms with Crippen LogP contribution in [0, 0.1) is 11.3 Å². The fraction of sp³-hybridized carbons (Fsp3) is 0.706. The number of urea groups is 1. The summed E-state index contributed by atoms with van der Waals surface area (Å²) in [5.41, 5.74) is -0.163. The summed E-state index contributed by atoms with van der Waals surface area (Å²) in [6.07, 6.45) is 1.13. The molecule has 0 aliphatic carbocycles. The maximum Gasteiger partial charge on any atom is 0.314 e. The molecule has 3 N–H and O–H groups in total. The van der Waals surface area contributed by atoms with Crippen LogP contribution >= 0.6 is 11.3 Å². The van der Waals surface area contributed by atoms with Crippen molar-refractivity contribution >= 4 is 17.4 Å². The van der Waals surface area contributed by atoms with E-state index >= 15 is 0 Å². The van der Waals surface area contributed by atoms with Crippen molar-refractivity contribution in [1.29, 1.82) is 0 Å². The number of carbonyl (C=O) groups excluding carboxylic acids is 1. The van der Waals surface area contributed by atoms with Crippen LogP contribution in [-0.4, -0.2) is 36.9 Å². The lowest BCUT2D eigenvalue weighted by Gasteiger charge is -2.31. The molecular formula is C17H28N2O3S. The summed E-state index contributed by atoms with van der Waals surface area (Å²) in [6.45, 7) is 9.71. The molecule has 0 saturated carbocycles. The second kappa shape index (κ2) is 7.20. The fourth-order valence-electron chi connectivity index (χ4n) is 3.01. The Hall–Kier alpha value is -1.11. The molecule has 130 valence electrons. The topological polar surface area (TPSA) is 70.6 Å². The van der Waals surface area contributed by atoms with Gasteiger partial charge < -0.3 is 20.5 Å². The van der Waals surface area contributed by atoms with Crippen molar-refractivity contribution in [3.05, 3.63) is 22.4 Å². The predicted octanol–water partition coefficient (Wildman–Crippen LogP) is 2.71. The van der Waals surface area contributed by atoms with Crippen molar-refractivity contribution in [3.8, 4) is 0 Å².